The van der Waals surface area contributed by atoms with Crippen LogP contribution in [0.4, 0.5) is 5.82 Å². The fraction of sp³-hybridized carbons (Fsp3) is 0.526. The molecule has 2 aliphatic heterocycles. The average Bonchev–Trinajstić information content (AvgIpc) is 2.76. The minimum absolute atomic E-state index is 0.598. The van der Waals surface area contributed by atoms with Gasteiger partial charge in [0, 0.05) is 18.2 Å². The number of aromatic nitrogens is 2. The molecule has 0 radical (unpaired) electrons. The Bertz CT molecular complexity index is 736. The molecule has 0 spiro atoms. The molecule has 0 fully saturated rings. The first-order valence-corrected chi connectivity index (χ1v) is 8.97. The van der Waals surface area contributed by atoms with Gasteiger partial charge in [-0.15, -0.1) is 0 Å². The van der Waals surface area contributed by atoms with Gasteiger partial charge in [0.15, 0.2) is 11.5 Å². The second-order valence-electron chi connectivity index (χ2n) is 7.00. The fourth-order valence-electron chi connectivity index (χ4n) is 3.47. The second-order valence-corrected chi connectivity index (χ2v) is 7.00. The van der Waals surface area contributed by atoms with Crippen molar-refractivity contribution in [2.75, 3.05) is 25.1 Å². The molecular weight excluding hydrogens is 302 g/mol. The summed E-state index contributed by atoms with van der Waals surface area (Å²) in [5.41, 5.74) is 3.64. The number of benzene rings is 1. The number of hydrogen-bond acceptors (Lipinski definition) is 4. The highest BCUT2D eigenvalue weighted by molar-refractivity contribution is 5.57. The fourth-order valence-corrected chi connectivity index (χ4v) is 3.47. The Labute approximate surface area is 143 Å². The standard InChI is InChI=1S/C19H25N3O2/c1-13(2)11-16-15-5-3-4-8-20-19(15)22(21-16)14-6-7-17-18(12-14)24-10-9-23-17/h6-7,12-13,20H,3-5,8-11H2,1-2H3. The van der Waals surface area contributed by atoms with E-state index in [4.69, 9.17) is 14.6 Å². The van der Waals surface area contributed by atoms with Gasteiger partial charge in [0.1, 0.15) is 19.0 Å². The van der Waals surface area contributed by atoms with E-state index in [0.717, 1.165) is 42.4 Å². The van der Waals surface area contributed by atoms with Gasteiger partial charge in [-0.05, 0) is 43.7 Å². The van der Waals surface area contributed by atoms with E-state index in [2.05, 4.69) is 29.9 Å². The summed E-state index contributed by atoms with van der Waals surface area (Å²) < 4.78 is 13.4. The molecule has 0 saturated carbocycles. The van der Waals surface area contributed by atoms with Crippen LogP contribution < -0.4 is 14.8 Å². The molecule has 0 amide bonds. The number of anilines is 1. The Morgan fingerprint density at radius 1 is 1.17 bits per heavy atom. The quantitative estimate of drug-likeness (QED) is 0.936. The predicted octanol–water partition coefficient (Wildman–Crippen LogP) is 3.59. The van der Waals surface area contributed by atoms with Gasteiger partial charge < -0.3 is 14.8 Å². The van der Waals surface area contributed by atoms with Gasteiger partial charge in [-0.2, -0.15) is 5.10 Å². The smallest absolute Gasteiger partial charge is 0.163 e. The Morgan fingerprint density at radius 3 is 2.83 bits per heavy atom. The van der Waals surface area contributed by atoms with Crippen molar-refractivity contribution in [3.05, 3.63) is 29.5 Å². The van der Waals surface area contributed by atoms with Gasteiger partial charge in [0.05, 0.1) is 11.4 Å². The second kappa shape index (κ2) is 6.38. The van der Waals surface area contributed by atoms with Crippen molar-refractivity contribution in [1.82, 2.24) is 9.78 Å². The van der Waals surface area contributed by atoms with Gasteiger partial charge in [0.25, 0.3) is 0 Å². The summed E-state index contributed by atoms with van der Waals surface area (Å²) >= 11 is 0. The van der Waals surface area contributed by atoms with E-state index >= 15 is 0 Å². The van der Waals surface area contributed by atoms with Crippen LogP contribution in [-0.4, -0.2) is 29.5 Å². The first kappa shape index (κ1) is 15.4. The maximum atomic E-state index is 5.74. The number of nitrogens with zero attached hydrogens (tertiary/aromatic N) is 2. The zero-order valence-corrected chi connectivity index (χ0v) is 14.5. The van der Waals surface area contributed by atoms with Crippen LogP contribution in [-0.2, 0) is 12.8 Å². The van der Waals surface area contributed by atoms with Crippen LogP contribution in [0.15, 0.2) is 18.2 Å². The van der Waals surface area contributed by atoms with E-state index < -0.39 is 0 Å². The van der Waals surface area contributed by atoms with Gasteiger partial charge in [-0.3, -0.25) is 0 Å². The molecular formula is C19H25N3O2. The lowest BCUT2D eigenvalue weighted by Crippen LogP contribution is -2.15. The van der Waals surface area contributed by atoms with E-state index in [9.17, 15) is 0 Å². The Hall–Kier alpha value is -2.17. The summed E-state index contributed by atoms with van der Waals surface area (Å²) in [7, 11) is 0. The molecule has 1 N–H and O–H groups in total. The molecule has 2 aromatic rings. The number of nitrogens with one attached hydrogen (secondary N) is 1. The highest BCUT2D eigenvalue weighted by atomic mass is 16.6. The third-order valence-electron chi connectivity index (χ3n) is 4.58. The third kappa shape index (κ3) is 2.83. The monoisotopic (exact) mass is 327 g/mol. The Morgan fingerprint density at radius 2 is 2.00 bits per heavy atom. The average molecular weight is 327 g/mol. The van der Waals surface area contributed by atoms with E-state index in [1.54, 1.807) is 0 Å². The highest BCUT2D eigenvalue weighted by Crippen LogP contribution is 2.35. The molecule has 0 aliphatic carbocycles. The van der Waals surface area contributed by atoms with Crippen molar-refractivity contribution in [2.45, 2.75) is 39.5 Å². The summed E-state index contributed by atoms with van der Waals surface area (Å²) in [6, 6.07) is 6.08. The molecule has 1 aromatic heterocycles. The minimum Gasteiger partial charge on any atom is -0.486 e. The molecule has 128 valence electrons. The molecule has 1 aromatic carbocycles. The van der Waals surface area contributed by atoms with Crippen molar-refractivity contribution in [3.8, 4) is 17.2 Å². The minimum atomic E-state index is 0.598. The van der Waals surface area contributed by atoms with Gasteiger partial charge in [0.2, 0.25) is 0 Å². The molecule has 5 heteroatoms. The summed E-state index contributed by atoms with van der Waals surface area (Å²) in [6.45, 7) is 6.72. The maximum absolute atomic E-state index is 5.74. The van der Waals surface area contributed by atoms with Gasteiger partial charge in [-0.25, -0.2) is 4.68 Å². The van der Waals surface area contributed by atoms with Gasteiger partial charge in [-0.1, -0.05) is 13.8 Å². The van der Waals surface area contributed by atoms with E-state index in [1.807, 2.05) is 12.1 Å². The van der Waals surface area contributed by atoms with Crippen molar-refractivity contribution in [3.63, 3.8) is 0 Å². The van der Waals surface area contributed by atoms with Crippen LogP contribution in [0, 0.1) is 5.92 Å². The number of hydrogen-bond donors (Lipinski definition) is 1. The van der Waals surface area contributed by atoms with E-state index in [-0.39, 0.29) is 0 Å². The molecule has 2 aliphatic rings. The number of rotatable bonds is 3. The normalized spacial score (nSPS) is 16.5. The van der Waals surface area contributed by atoms with Gasteiger partial charge >= 0.3 is 0 Å². The first-order chi connectivity index (χ1) is 11.7. The summed E-state index contributed by atoms with van der Waals surface area (Å²) in [4.78, 5) is 0. The molecule has 5 nitrogen and oxygen atoms in total. The van der Waals surface area contributed by atoms with Crippen LogP contribution >= 0.6 is 0 Å². The van der Waals surface area contributed by atoms with Crippen molar-refractivity contribution < 1.29 is 9.47 Å². The Kier molecular flexibility index (Phi) is 4.08. The lowest BCUT2D eigenvalue weighted by atomic mass is 10.0. The maximum Gasteiger partial charge on any atom is 0.163 e. The van der Waals surface area contributed by atoms with Crippen LogP contribution in [0.1, 0.15) is 37.9 Å². The number of fused-ring (bicyclic) bond motifs is 2. The topological polar surface area (TPSA) is 48.3 Å². The van der Waals surface area contributed by atoms with Crippen molar-refractivity contribution >= 4 is 5.82 Å². The SMILES string of the molecule is CC(C)Cc1nn(-c2ccc3c(c2)OCCO3)c2c1CCCCN2. The summed E-state index contributed by atoms with van der Waals surface area (Å²) in [6.07, 6.45) is 4.55. The van der Waals surface area contributed by atoms with E-state index in [1.165, 1.54) is 24.1 Å². The molecule has 24 heavy (non-hydrogen) atoms. The first-order valence-electron chi connectivity index (χ1n) is 8.97. The molecule has 0 atom stereocenters. The zero-order valence-electron chi connectivity index (χ0n) is 14.5. The lowest BCUT2D eigenvalue weighted by Gasteiger charge is -2.19. The van der Waals surface area contributed by atoms with Crippen molar-refractivity contribution in [2.24, 2.45) is 5.92 Å². The lowest BCUT2D eigenvalue weighted by molar-refractivity contribution is 0.171. The number of ether oxygens (including phenoxy) is 2. The Balaban J connectivity index is 1.78. The van der Waals surface area contributed by atoms with Crippen LogP contribution in [0.2, 0.25) is 0 Å². The molecule has 4 rings (SSSR count). The summed E-state index contributed by atoms with van der Waals surface area (Å²) in [5, 5.41) is 8.54. The predicted molar refractivity (Wildman–Crippen MR) is 94.5 cm³/mol. The van der Waals surface area contributed by atoms with Crippen LogP contribution in [0.25, 0.3) is 5.69 Å². The molecule has 0 bridgehead atoms. The van der Waals surface area contributed by atoms with Crippen molar-refractivity contribution in [1.29, 1.82) is 0 Å². The third-order valence-corrected chi connectivity index (χ3v) is 4.58. The largest absolute Gasteiger partial charge is 0.486 e. The molecule has 0 unspecified atom stereocenters. The zero-order chi connectivity index (χ0) is 16.5. The molecule has 0 saturated heterocycles. The summed E-state index contributed by atoms with van der Waals surface area (Å²) in [5.74, 6) is 3.38. The van der Waals surface area contributed by atoms with E-state index in [0.29, 0.717) is 19.1 Å². The van der Waals surface area contributed by atoms with Crippen LogP contribution in [0.5, 0.6) is 11.5 Å². The highest BCUT2D eigenvalue weighted by Gasteiger charge is 2.22. The molecule has 3 heterocycles. The van der Waals surface area contributed by atoms with Crippen LogP contribution in [0.3, 0.4) is 0 Å².